The van der Waals surface area contributed by atoms with Crippen molar-refractivity contribution in [2.75, 3.05) is 4.90 Å². The molecule has 152 valence electrons. The van der Waals surface area contributed by atoms with Gasteiger partial charge in [-0.15, -0.1) is 0 Å². The molecule has 1 aromatic heterocycles. The number of ketones is 1. The Morgan fingerprint density at radius 1 is 1.33 bits per heavy atom. The Morgan fingerprint density at radius 3 is 2.77 bits per heavy atom. The lowest BCUT2D eigenvalue weighted by Crippen LogP contribution is -2.38. The molecule has 30 heavy (non-hydrogen) atoms. The second-order valence-corrected chi connectivity index (χ2v) is 8.71. The summed E-state index contributed by atoms with van der Waals surface area (Å²) in [5, 5.41) is 21.6. The third-order valence-corrected chi connectivity index (χ3v) is 6.74. The Kier molecular flexibility index (Phi) is 5.10. The number of hydrogen-bond acceptors (Lipinski definition) is 7. The van der Waals surface area contributed by atoms with E-state index in [9.17, 15) is 20.2 Å². The van der Waals surface area contributed by atoms with Crippen LogP contribution < -0.4 is 10.6 Å². The minimum Gasteiger partial charge on any atom is -0.384 e. The van der Waals surface area contributed by atoms with Crippen molar-refractivity contribution in [2.45, 2.75) is 32.1 Å². The summed E-state index contributed by atoms with van der Waals surface area (Å²) < 4.78 is 0. The Balaban J connectivity index is 1.98. The maximum atomic E-state index is 13.0. The van der Waals surface area contributed by atoms with E-state index < -0.39 is 10.8 Å². The van der Waals surface area contributed by atoms with Crippen molar-refractivity contribution in [1.82, 2.24) is 0 Å². The Morgan fingerprint density at radius 2 is 2.10 bits per heavy atom. The molecule has 2 aromatic rings. The molecule has 1 aromatic carbocycles. The molecule has 9 heteroatoms. The molecule has 4 rings (SSSR count). The number of halogens is 1. The Hall–Kier alpha value is -3.15. The number of rotatable bonds is 3. The van der Waals surface area contributed by atoms with Crippen LogP contribution in [0.25, 0.3) is 0 Å². The SMILES string of the molecule is Cc1ccc(Cl)cc1N1C(N)=C(C#N)[C@@H](c2ccc([N+](=O)[O-])s2)C2=C1CCCC2=O. The van der Waals surface area contributed by atoms with Gasteiger partial charge in [0.2, 0.25) is 0 Å². The van der Waals surface area contributed by atoms with Gasteiger partial charge in [-0.1, -0.05) is 29.0 Å². The van der Waals surface area contributed by atoms with Crippen LogP contribution in [0.3, 0.4) is 0 Å². The number of nitrogens with zero attached hydrogens (tertiary/aromatic N) is 3. The number of hydrogen-bond donors (Lipinski definition) is 1. The van der Waals surface area contributed by atoms with Gasteiger partial charge in [-0.2, -0.15) is 5.26 Å². The number of benzene rings is 1. The van der Waals surface area contributed by atoms with Crippen LogP contribution in [0.1, 0.15) is 35.6 Å². The molecule has 0 amide bonds. The second kappa shape index (κ2) is 7.59. The van der Waals surface area contributed by atoms with E-state index in [1.54, 1.807) is 23.1 Å². The van der Waals surface area contributed by atoms with Gasteiger partial charge < -0.3 is 5.73 Å². The molecule has 2 heterocycles. The molecular formula is C21H17ClN4O3S. The van der Waals surface area contributed by atoms with E-state index in [4.69, 9.17) is 17.3 Å². The minimum atomic E-state index is -0.702. The first-order chi connectivity index (χ1) is 14.3. The normalized spacial score (nSPS) is 19.0. The summed E-state index contributed by atoms with van der Waals surface area (Å²) in [5.74, 6) is -0.549. The van der Waals surface area contributed by atoms with Crippen LogP contribution >= 0.6 is 22.9 Å². The standard InChI is InChI=1S/C21H17ClN4O3S/c1-11-5-6-12(22)9-15(11)25-14-3-2-4-16(27)20(14)19(13(10-23)21(25)24)17-7-8-18(30-17)26(28)29/h5-9,19H,2-4,24H2,1H3/t19-/m0/s1. The van der Waals surface area contributed by atoms with Crippen LogP contribution in [0.5, 0.6) is 0 Å². The number of thiophene rings is 1. The summed E-state index contributed by atoms with van der Waals surface area (Å²) in [5.41, 5.74) is 9.54. The predicted molar refractivity (Wildman–Crippen MR) is 115 cm³/mol. The number of aryl methyl sites for hydroxylation is 1. The molecule has 7 nitrogen and oxygen atoms in total. The highest BCUT2D eigenvalue weighted by molar-refractivity contribution is 7.15. The predicted octanol–water partition coefficient (Wildman–Crippen LogP) is 4.92. The van der Waals surface area contributed by atoms with E-state index in [-0.39, 0.29) is 22.2 Å². The van der Waals surface area contributed by atoms with E-state index in [1.165, 1.54) is 6.07 Å². The summed E-state index contributed by atoms with van der Waals surface area (Å²) >= 11 is 7.18. The highest BCUT2D eigenvalue weighted by Gasteiger charge is 2.41. The van der Waals surface area contributed by atoms with Crippen LogP contribution in [0.15, 0.2) is 53.0 Å². The van der Waals surface area contributed by atoms with Crippen LogP contribution in [-0.4, -0.2) is 10.7 Å². The largest absolute Gasteiger partial charge is 0.384 e. The maximum absolute atomic E-state index is 13.0. The molecule has 0 bridgehead atoms. The lowest BCUT2D eigenvalue weighted by atomic mass is 9.78. The van der Waals surface area contributed by atoms with Gasteiger partial charge in [0.15, 0.2) is 5.78 Å². The Bertz CT molecular complexity index is 1190. The fourth-order valence-corrected chi connectivity index (χ4v) is 5.17. The summed E-state index contributed by atoms with van der Waals surface area (Å²) in [6.45, 7) is 1.91. The maximum Gasteiger partial charge on any atom is 0.324 e. The number of Topliss-reactive ketones (excluding diaryl/α,β-unsaturated/α-hetero) is 1. The third kappa shape index (κ3) is 3.16. The van der Waals surface area contributed by atoms with E-state index in [1.807, 2.05) is 13.0 Å². The van der Waals surface area contributed by atoms with Gasteiger partial charge in [-0.05, 0) is 43.5 Å². The minimum absolute atomic E-state index is 0.0422. The Labute approximate surface area is 181 Å². The third-order valence-electron chi connectivity index (χ3n) is 5.40. The number of carbonyl (C=O) groups excluding carboxylic acids is 1. The molecule has 2 aliphatic rings. The lowest BCUT2D eigenvalue weighted by molar-refractivity contribution is -0.380. The fraction of sp³-hybridized carbons (Fsp3) is 0.238. The van der Waals surface area contributed by atoms with Crippen LogP contribution in [0.2, 0.25) is 5.02 Å². The van der Waals surface area contributed by atoms with Gasteiger partial charge in [0, 0.05) is 33.7 Å². The molecule has 0 saturated heterocycles. The van der Waals surface area contributed by atoms with Crippen molar-refractivity contribution in [3.8, 4) is 6.07 Å². The van der Waals surface area contributed by atoms with Crippen molar-refractivity contribution in [2.24, 2.45) is 5.73 Å². The molecule has 0 unspecified atom stereocenters. The number of nitro groups is 1. The van der Waals surface area contributed by atoms with Gasteiger partial charge in [0.25, 0.3) is 0 Å². The summed E-state index contributed by atoms with van der Waals surface area (Å²) in [7, 11) is 0. The quantitative estimate of drug-likeness (QED) is 0.535. The van der Waals surface area contributed by atoms with E-state index in [0.717, 1.165) is 22.6 Å². The van der Waals surface area contributed by atoms with Gasteiger partial charge in [-0.3, -0.25) is 19.8 Å². The zero-order valence-corrected chi connectivity index (χ0v) is 17.6. The highest BCUT2D eigenvalue weighted by atomic mass is 35.5. The van der Waals surface area contributed by atoms with Crippen molar-refractivity contribution in [3.05, 3.63) is 78.6 Å². The first kappa shape index (κ1) is 20.1. The van der Waals surface area contributed by atoms with Gasteiger partial charge >= 0.3 is 5.00 Å². The average molecular weight is 441 g/mol. The molecule has 1 atom stereocenters. The van der Waals surface area contributed by atoms with Gasteiger partial charge in [0.1, 0.15) is 5.82 Å². The molecule has 1 aliphatic carbocycles. The molecule has 1 aliphatic heterocycles. The van der Waals surface area contributed by atoms with Crippen molar-refractivity contribution < 1.29 is 9.72 Å². The zero-order chi connectivity index (χ0) is 21.6. The first-order valence-corrected chi connectivity index (χ1v) is 10.5. The smallest absolute Gasteiger partial charge is 0.324 e. The summed E-state index contributed by atoms with van der Waals surface area (Å²) in [4.78, 5) is 26.1. The molecule has 0 fully saturated rings. The molecule has 0 spiro atoms. The lowest BCUT2D eigenvalue weighted by Gasteiger charge is -2.39. The molecule has 0 radical (unpaired) electrons. The summed E-state index contributed by atoms with van der Waals surface area (Å²) in [6, 6.07) is 10.5. The summed E-state index contributed by atoms with van der Waals surface area (Å²) in [6.07, 6.45) is 1.64. The van der Waals surface area contributed by atoms with E-state index >= 15 is 0 Å². The monoisotopic (exact) mass is 440 g/mol. The number of nitriles is 1. The first-order valence-electron chi connectivity index (χ1n) is 9.30. The molecule has 2 N–H and O–H groups in total. The molecular weight excluding hydrogens is 424 g/mol. The van der Waals surface area contributed by atoms with Crippen molar-refractivity contribution in [1.29, 1.82) is 5.26 Å². The van der Waals surface area contributed by atoms with Gasteiger partial charge in [-0.25, -0.2) is 0 Å². The van der Waals surface area contributed by atoms with E-state index in [2.05, 4.69) is 6.07 Å². The molecule has 0 saturated carbocycles. The highest BCUT2D eigenvalue weighted by Crippen LogP contribution is 2.49. The van der Waals surface area contributed by atoms with Crippen LogP contribution in [0, 0.1) is 28.4 Å². The second-order valence-electron chi connectivity index (χ2n) is 7.18. The van der Waals surface area contributed by atoms with Crippen LogP contribution in [-0.2, 0) is 4.79 Å². The number of allylic oxidation sites excluding steroid dienone is 3. The number of carbonyl (C=O) groups is 1. The van der Waals surface area contributed by atoms with Gasteiger partial charge in [0.05, 0.1) is 28.2 Å². The number of anilines is 1. The topological polar surface area (TPSA) is 113 Å². The fourth-order valence-electron chi connectivity index (χ4n) is 4.07. The average Bonchev–Trinajstić information content (AvgIpc) is 3.20. The van der Waals surface area contributed by atoms with E-state index in [0.29, 0.717) is 40.4 Å². The van der Waals surface area contributed by atoms with Crippen molar-refractivity contribution in [3.63, 3.8) is 0 Å². The zero-order valence-electron chi connectivity index (χ0n) is 16.0. The van der Waals surface area contributed by atoms with Crippen molar-refractivity contribution >= 4 is 39.4 Å². The van der Waals surface area contributed by atoms with Crippen LogP contribution in [0.4, 0.5) is 10.7 Å². The number of nitrogens with two attached hydrogens (primary N) is 1.